The fourth-order valence-electron chi connectivity index (χ4n) is 2.14. The van der Waals surface area contributed by atoms with Crippen molar-refractivity contribution in [2.45, 2.75) is 25.7 Å². The molecule has 1 atom stereocenters. The Labute approximate surface area is 124 Å². The zero-order valence-electron chi connectivity index (χ0n) is 12.1. The van der Waals surface area contributed by atoms with E-state index in [1.54, 1.807) is 12.1 Å². The number of rotatable bonds is 6. The lowest BCUT2D eigenvalue weighted by atomic mass is 9.95. The van der Waals surface area contributed by atoms with Crippen molar-refractivity contribution in [3.63, 3.8) is 0 Å². The highest BCUT2D eigenvalue weighted by Crippen LogP contribution is 2.21. The van der Waals surface area contributed by atoms with E-state index in [4.69, 9.17) is 4.74 Å². The van der Waals surface area contributed by atoms with Crippen LogP contribution in [0, 0.1) is 24.1 Å². The Morgan fingerprint density at radius 1 is 1.19 bits per heavy atom. The lowest BCUT2D eigenvalue weighted by molar-refractivity contribution is 0.303. The molecule has 0 aromatic heterocycles. The van der Waals surface area contributed by atoms with Crippen LogP contribution in [-0.2, 0) is 0 Å². The summed E-state index contributed by atoms with van der Waals surface area (Å²) in [5, 5.41) is 9.26. The molecule has 21 heavy (non-hydrogen) atoms. The van der Waals surface area contributed by atoms with Gasteiger partial charge in [0.1, 0.15) is 11.6 Å². The second-order valence-corrected chi connectivity index (χ2v) is 5.04. The summed E-state index contributed by atoms with van der Waals surface area (Å²) >= 11 is 0. The van der Waals surface area contributed by atoms with Gasteiger partial charge < -0.3 is 4.74 Å². The number of hydrogen-bond donors (Lipinski definition) is 0. The van der Waals surface area contributed by atoms with Crippen LogP contribution in [-0.4, -0.2) is 6.61 Å². The smallest absolute Gasteiger partial charge is 0.126 e. The maximum absolute atomic E-state index is 13.0. The Hall–Kier alpha value is -2.34. The molecule has 3 heteroatoms. The van der Waals surface area contributed by atoms with Gasteiger partial charge in [-0.2, -0.15) is 5.26 Å². The van der Waals surface area contributed by atoms with Crippen LogP contribution in [0.5, 0.6) is 5.75 Å². The molecule has 0 fully saturated rings. The Bertz CT molecular complexity index is 616. The molecule has 2 aromatic rings. The summed E-state index contributed by atoms with van der Waals surface area (Å²) in [6.07, 6.45) is 1.48. The average molecular weight is 283 g/mol. The Kier molecular flexibility index (Phi) is 5.34. The van der Waals surface area contributed by atoms with Crippen molar-refractivity contribution in [1.29, 1.82) is 5.26 Å². The number of aryl methyl sites for hydroxylation is 1. The molecule has 0 saturated heterocycles. The third-order valence-electron chi connectivity index (χ3n) is 3.34. The van der Waals surface area contributed by atoms with Crippen LogP contribution in [0.3, 0.4) is 0 Å². The van der Waals surface area contributed by atoms with Gasteiger partial charge in [-0.1, -0.05) is 35.9 Å². The molecule has 2 nitrogen and oxygen atoms in total. The normalized spacial score (nSPS) is 11.7. The highest BCUT2D eigenvalue weighted by atomic mass is 19.1. The number of nitrogens with zero attached hydrogens (tertiary/aromatic N) is 1. The maximum atomic E-state index is 13.0. The van der Waals surface area contributed by atoms with Gasteiger partial charge in [-0.15, -0.1) is 0 Å². The van der Waals surface area contributed by atoms with Gasteiger partial charge in [0.05, 0.1) is 18.6 Å². The molecule has 0 aliphatic carbocycles. The Morgan fingerprint density at radius 3 is 2.62 bits per heavy atom. The van der Waals surface area contributed by atoms with Crippen molar-refractivity contribution >= 4 is 0 Å². The summed E-state index contributed by atoms with van der Waals surface area (Å²) in [5.41, 5.74) is 2.22. The van der Waals surface area contributed by atoms with Gasteiger partial charge in [0.2, 0.25) is 0 Å². The van der Waals surface area contributed by atoms with E-state index < -0.39 is 0 Å². The van der Waals surface area contributed by atoms with E-state index in [-0.39, 0.29) is 11.7 Å². The molecule has 0 saturated carbocycles. The first kappa shape index (κ1) is 15.1. The standard InChI is InChI=1S/C18H18FNO/c1-14-7-9-15(10-8-14)16(13-20)4-3-11-21-18-6-2-5-17(19)12-18/h2,5-10,12,16H,3-4,11H2,1H3. The fourth-order valence-corrected chi connectivity index (χ4v) is 2.14. The summed E-state index contributed by atoms with van der Waals surface area (Å²) < 4.78 is 18.5. The van der Waals surface area contributed by atoms with Crippen LogP contribution < -0.4 is 4.74 Å². The Morgan fingerprint density at radius 2 is 1.95 bits per heavy atom. The zero-order chi connectivity index (χ0) is 15.1. The predicted octanol–water partition coefficient (Wildman–Crippen LogP) is 4.60. The molecule has 108 valence electrons. The molecular weight excluding hydrogens is 265 g/mol. The number of ether oxygens (including phenoxy) is 1. The topological polar surface area (TPSA) is 33.0 Å². The van der Waals surface area contributed by atoms with Crippen LogP contribution in [0.25, 0.3) is 0 Å². The lowest BCUT2D eigenvalue weighted by Gasteiger charge is -2.10. The fraction of sp³-hybridized carbons (Fsp3) is 0.278. The quantitative estimate of drug-likeness (QED) is 0.726. The monoisotopic (exact) mass is 283 g/mol. The first-order chi connectivity index (χ1) is 10.2. The number of nitriles is 1. The van der Waals surface area contributed by atoms with Crippen molar-refractivity contribution < 1.29 is 9.13 Å². The molecule has 2 rings (SSSR count). The largest absolute Gasteiger partial charge is 0.493 e. The molecule has 1 unspecified atom stereocenters. The molecule has 2 aromatic carbocycles. The van der Waals surface area contributed by atoms with Crippen LogP contribution in [0.1, 0.15) is 29.9 Å². The van der Waals surface area contributed by atoms with Crippen LogP contribution >= 0.6 is 0 Å². The minimum absolute atomic E-state index is 0.123. The molecular formula is C18H18FNO. The van der Waals surface area contributed by atoms with Gasteiger partial charge in [-0.3, -0.25) is 0 Å². The van der Waals surface area contributed by atoms with Crippen molar-refractivity contribution in [3.8, 4) is 11.8 Å². The lowest BCUT2D eigenvalue weighted by Crippen LogP contribution is -2.02. The zero-order valence-corrected chi connectivity index (χ0v) is 12.1. The van der Waals surface area contributed by atoms with E-state index in [2.05, 4.69) is 6.07 Å². The molecule has 0 aliphatic heterocycles. The number of benzene rings is 2. The molecule has 0 N–H and O–H groups in total. The maximum Gasteiger partial charge on any atom is 0.126 e. The van der Waals surface area contributed by atoms with Gasteiger partial charge in [-0.05, 0) is 37.5 Å². The highest BCUT2D eigenvalue weighted by molar-refractivity contribution is 5.28. The predicted molar refractivity (Wildman–Crippen MR) is 80.7 cm³/mol. The van der Waals surface area contributed by atoms with Gasteiger partial charge in [0.25, 0.3) is 0 Å². The summed E-state index contributed by atoms with van der Waals surface area (Å²) in [4.78, 5) is 0. The molecule has 0 heterocycles. The summed E-state index contributed by atoms with van der Waals surface area (Å²) in [5.74, 6) is 0.0996. The Balaban J connectivity index is 1.81. The van der Waals surface area contributed by atoms with Crippen molar-refractivity contribution in [2.24, 2.45) is 0 Å². The SMILES string of the molecule is Cc1ccc(C(C#N)CCCOc2cccc(F)c2)cc1. The second-order valence-electron chi connectivity index (χ2n) is 5.04. The third kappa shape index (κ3) is 4.61. The van der Waals surface area contributed by atoms with Crippen LogP contribution in [0.15, 0.2) is 48.5 Å². The number of halogens is 1. The van der Waals surface area contributed by atoms with E-state index in [1.165, 1.54) is 17.7 Å². The number of hydrogen-bond acceptors (Lipinski definition) is 2. The summed E-state index contributed by atoms with van der Waals surface area (Å²) in [7, 11) is 0. The third-order valence-corrected chi connectivity index (χ3v) is 3.34. The minimum Gasteiger partial charge on any atom is -0.493 e. The van der Waals surface area contributed by atoms with Crippen molar-refractivity contribution in [1.82, 2.24) is 0 Å². The van der Waals surface area contributed by atoms with Crippen LogP contribution in [0.4, 0.5) is 4.39 Å². The first-order valence-corrected chi connectivity index (χ1v) is 7.03. The summed E-state index contributed by atoms with van der Waals surface area (Å²) in [6.45, 7) is 2.51. The average Bonchev–Trinajstić information content (AvgIpc) is 2.49. The highest BCUT2D eigenvalue weighted by Gasteiger charge is 2.10. The molecule has 0 aliphatic rings. The molecule has 0 bridgehead atoms. The molecule has 0 spiro atoms. The van der Waals surface area contributed by atoms with Gasteiger partial charge in [-0.25, -0.2) is 4.39 Å². The van der Waals surface area contributed by atoms with Crippen molar-refractivity contribution in [2.75, 3.05) is 6.61 Å². The molecule has 0 amide bonds. The van der Waals surface area contributed by atoms with Gasteiger partial charge in [0.15, 0.2) is 0 Å². The second kappa shape index (κ2) is 7.44. The van der Waals surface area contributed by atoms with E-state index >= 15 is 0 Å². The van der Waals surface area contributed by atoms with E-state index in [1.807, 2.05) is 31.2 Å². The van der Waals surface area contributed by atoms with Crippen LogP contribution in [0.2, 0.25) is 0 Å². The van der Waals surface area contributed by atoms with Gasteiger partial charge in [0, 0.05) is 6.07 Å². The van der Waals surface area contributed by atoms with Gasteiger partial charge >= 0.3 is 0 Å². The molecule has 0 radical (unpaired) electrons. The summed E-state index contributed by atoms with van der Waals surface area (Å²) in [6, 6.07) is 16.5. The minimum atomic E-state index is -0.304. The van der Waals surface area contributed by atoms with Crippen molar-refractivity contribution in [3.05, 3.63) is 65.5 Å². The van der Waals surface area contributed by atoms with E-state index in [0.717, 1.165) is 18.4 Å². The van der Waals surface area contributed by atoms with E-state index in [9.17, 15) is 9.65 Å². The first-order valence-electron chi connectivity index (χ1n) is 7.03. The van der Waals surface area contributed by atoms with E-state index in [0.29, 0.717) is 12.4 Å².